The van der Waals surface area contributed by atoms with Crippen LogP contribution in [0.4, 0.5) is 5.69 Å². The highest BCUT2D eigenvalue weighted by molar-refractivity contribution is 6.32. The van der Waals surface area contributed by atoms with Crippen molar-refractivity contribution in [1.82, 2.24) is 9.38 Å². The summed E-state index contributed by atoms with van der Waals surface area (Å²) in [5.41, 5.74) is 14.1. The Hall–Kier alpha value is -2.81. The largest absolute Gasteiger partial charge is 0.496 e. The fourth-order valence-corrected chi connectivity index (χ4v) is 3.37. The summed E-state index contributed by atoms with van der Waals surface area (Å²) in [7, 11) is 3.12. The van der Waals surface area contributed by atoms with Gasteiger partial charge in [0, 0.05) is 35.8 Å². The number of ether oxygens (including phenoxy) is 2. The first-order valence-electron chi connectivity index (χ1n) is 9.64. The topological polar surface area (TPSA) is 117 Å². The van der Waals surface area contributed by atoms with E-state index in [1.165, 1.54) is 0 Å². The van der Waals surface area contributed by atoms with Gasteiger partial charge in [-0.1, -0.05) is 18.0 Å². The number of aromatic nitrogens is 2. The van der Waals surface area contributed by atoms with E-state index in [9.17, 15) is 4.79 Å². The van der Waals surface area contributed by atoms with Crippen LogP contribution in [0, 0.1) is 0 Å². The van der Waals surface area contributed by atoms with Crippen LogP contribution in [-0.2, 0) is 4.79 Å². The van der Waals surface area contributed by atoms with Crippen LogP contribution in [0.2, 0.25) is 5.02 Å². The lowest BCUT2D eigenvalue weighted by atomic mass is 10.1. The van der Waals surface area contributed by atoms with Crippen molar-refractivity contribution in [2.45, 2.75) is 25.3 Å². The van der Waals surface area contributed by atoms with Gasteiger partial charge in [0.25, 0.3) is 0 Å². The van der Waals surface area contributed by atoms with Gasteiger partial charge in [-0.3, -0.25) is 4.79 Å². The van der Waals surface area contributed by atoms with E-state index in [2.05, 4.69) is 10.3 Å². The fraction of sp³-hybridized carbons (Fsp3) is 0.333. The second-order valence-corrected chi connectivity index (χ2v) is 7.28. The third-order valence-electron chi connectivity index (χ3n) is 4.78. The number of unbranched alkanes of at least 4 members (excludes halogenated alkanes) is 1. The molecule has 0 bridgehead atoms. The van der Waals surface area contributed by atoms with Gasteiger partial charge in [0.2, 0.25) is 5.91 Å². The molecule has 160 valence electrons. The average molecular weight is 432 g/mol. The number of hydrogen-bond acceptors (Lipinski definition) is 6. The Morgan fingerprint density at radius 3 is 2.70 bits per heavy atom. The van der Waals surface area contributed by atoms with Gasteiger partial charge in [-0.2, -0.15) is 0 Å². The predicted molar refractivity (Wildman–Crippen MR) is 118 cm³/mol. The minimum absolute atomic E-state index is 0.230. The molecule has 0 aliphatic heterocycles. The van der Waals surface area contributed by atoms with Gasteiger partial charge in [-0.05, 0) is 31.5 Å². The van der Waals surface area contributed by atoms with Gasteiger partial charge in [-0.25, -0.2) is 4.98 Å². The van der Waals surface area contributed by atoms with Crippen LogP contribution < -0.4 is 26.3 Å². The maximum atomic E-state index is 12.3. The highest BCUT2D eigenvalue weighted by Gasteiger charge is 2.16. The van der Waals surface area contributed by atoms with Gasteiger partial charge in [0.05, 0.1) is 31.0 Å². The highest BCUT2D eigenvalue weighted by atomic mass is 35.5. The standard InChI is InChI=1S/C21H26ClN5O3/c1-29-18-11-19(30-2)15(22)10-14(18)17-12-27-8-6-13(9-20(27)26-17)25-21(28)16(24)5-3-4-7-23/h6,8-12,16H,3-5,7,23-24H2,1-2H3,(H,25,28)/t16-/m1/s1. The minimum atomic E-state index is -0.575. The van der Waals surface area contributed by atoms with E-state index in [0.29, 0.717) is 46.5 Å². The number of carbonyl (C=O) groups is 1. The lowest BCUT2D eigenvalue weighted by Gasteiger charge is -2.12. The molecule has 0 aliphatic carbocycles. The molecule has 2 heterocycles. The zero-order valence-electron chi connectivity index (χ0n) is 17.0. The molecule has 0 aliphatic rings. The molecule has 0 spiro atoms. The summed E-state index contributed by atoms with van der Waals surface area (Å²) in [5, 5.41) is 3.31. The lowest BCUT2D eigenvalue weighted by molar-refractivity contribution is -0.117. The number of amides is 1. The zero-order chi connectivity index (χ0) is 21.7. The Balaban J connectivity index is 1.83. The maximum Gasteiger partial charge on any atom is 0.241 e. The number of rotatable bonds is 9. The van der Waals surface area contributed by atoms with Crippen molar-refractivity contribution in [3.63, 3.8) is 0 Å². The number of imidazole rings is 1. The number of fused-ring (bicyclic) bond motifs is 1. The molecule has 1 amide bonds. The summed E-state index contributed by atoms with van der Waals surface area (Å²) in [5.74, 6) is 0.886. The summed E-state index contributed by atoms with van der Waals surface area (Å²) in [6.07, 6.45) is 5.94. The molecule has 2 aromatic heterocycles. The summed E-state index contributed by atoms with van der Waals surface area (Å²) in [6.45, 7) is 0.595. The van der Waals surface area contributed by atoms with Gasteiger partial charge < -0.3 is 30.7 Å². The number of hydrogen-bond donors (Lipinski definition) is 3. The lowest BCUT2D eigenvalue weighted by Crippen LogP contribution is -2.35. The molecule has 3 rings (SSSR count). The number of nitrogens with one attached hydrogen (secondary N) is 1. The summed E-state index contributed by atoms with van der Waals surface area (Å²) in [4.78, 5) is 17.0. The Morgan fingerprint density at radius 2 is 2.00 bits per heavy atom. The van der Waals surface area contributed by atoms with E-state index in [-0.39, 0.29) is 5.91 Å². The van der Waals surface area contributed by atoms with Crippen LogP contribution in [0.1, 0.15) is 19.3 Å². The number of carbonyl (C=O) groups excluding carboxylic acids is 1. The van der Waals surface area contributed by atoms with Crippen LogP contribution in [0.3, 0.4) is 0 Å². The van der Waals surface area contributed by atoms with Gasteiger partial charge in [0.1, 0.15) is 17.1 Å². The summed E-state index contributed by atoms with van der Waals surface area (Å²) >= 11 is 6.28. The SMILES string of the molecule is COc1cc(OC)c(-c2cn3ccc(NC(=O)[C@H](N)CCCCN)cc3n2)cc1Cl. The molecule has 0 saturated carbocycles. The Bertz CT molecular complexity index is 1040. The molecule has 1 aromatic carbocycles. The molecule has 0 saturated heterocycles. The Kier molecular flexibility index (Phi) is 7.15. The van der Waals surface area contributed by atoms with Gasteiger partial charge >= 0.3 is 0 Å². The molecule has 0 radical (unpaired) electrons. The summed E-state index contributed by atoms with van der Waals surface area (Å²) in [6, 6.07) is 6.48. The fourth-order valence-electron chi connectivity index (χ4n) is 3.12. The third-order valence-corrected chi connectivity index (χ3v) is 5.08. The monoisotopic (exact) mass is 431 g/mol. The average Bonchev–Trinajstić information content (AvgIpc) is 3.16. The number of anilines is 1. The summed E-state index contributed by atoms with van der Waals surface area (Å²) < 4.78 is 12.6. The van der Waals surface area contributed by atoms with E-state index in [1.54, 1.807) is 38.5 Å². The molecule has 1 atom stereocenters. The van der Waals surface area contributed by atoms with Crippen LogP contribution in [-0.4, -0.2) is 42.1 Å². The van der Waals surface area contributed by atoms with Crippen molar-refractivity contribution >= 4 is 28.8 Å². The second kappa shape index (κ2) is 9.80. The number of pyridine rings is 1. The molecule has 5 N–H and O–H groups in total. The molecule has 0 fully saturated rings. The van der Waals surface area contributed by atoms with Crippen molar-refractivity contribution < 1.29 is 14.3 Å². The van der Waals surface area contributed by atoms with Crippen molar-refractivity contribution in [1.29, 1.82) is 0 Å². The quantitative estimate of drug-likeness (QED) is 0.448. The van der Waals surface area contributed by atoms with Crippen molar-refractivity contribution in [2.24, 2.45) is 11.5 Å². The molecule has 9 heteroatoms. The van der Waals surface area contributed by atoms with Crippen LogP contribution in [0.25, 0.3) is 16.9 Å². The first kappa shape index (κ1) is 21.9. The highest BCUT2D eigenvalue weighted by Crippen LogP contribution is 2.38. The predicted octanol–water partition coefficient (Wildman–Crippen LogP) is 3.07. The van der Waals surface area contributed by atoms with Gasteiger partial charge in [0.15, 0.2) is 0 Å². The normalized spacial score (nSPS) is 12.0. The van der Waals surface area contributed by atoms with Crippen molar-refractivity contribution in [2.75, 3.05) is 26.1 Å². The number of benzene rings is 1. The molecule has 30 heavy (non-hydrogen) atoms. The number of methoxy groups -OCH3 is 2. The first-order valence-corrected chi connectivity index (χ1v) is 10.0. The van der Waals surface area contributed by atoms with E-state index in [4.69, 9.17) is 32.5 Å². The Morgan fingerprint density at radius 1 is 1.23 bits per heavy atom. The molecule has 3 aromatic rings. The van der Waals surface area contributed by atoms with E-state index in [1.807, 2.05) is 16.8 Å². The molecular formula is C21H26ClN5O3. The third kappa shape index (κ3) is 4.84. The number of nitrogens with zero attached hydrogens (tertiary/aromatic N) is 2. The van der Waals surface area contributed by atoms with Gasteiger partial charge in [-0.15, -0.1) is 0 Å². The smallest absolute Gasteiger partial charge is 0.241 e. The van der Waals surface area contributed by atoms with Crippen molar-refractivity contribution in [3.05, 3.63) is 41.7 Å². The van der Waals surface area contributed by atoms with Crippen LogP contribution in [0.15, 0.2) is 36.7 Å². The number of halogens is 1. The van der Waals surface area contributed by atoms with Crippen LogP contribution >= 0.6 is 11.6 Å². The number of nitrogens with two attached hydrogens (primary N) is 2. The van der Waals surface area contributed by atoms with E-state index < -0.39 is 6.04 Å². The van der Waals surface area contributed by atoms with E-state index >= 15 is 0 Å². The molecule has 8 nitrogen and oxygen atoms in total. The maximum absolute atomic E-state index is 12.3. The molecular weight excluding hydrogens is 406 g/mol. The minimum Gasteiger partial charge on any atom is -0.496 e. The Labute approximate surface area is 180 Å². The zero-order valence-corrected chi connectivity index (χ0v) is 17.8. The molecule has 0 unspecified atom stereocenters. The second-order valence-electron chi connectivity index (χ2n) is 6.87. The van der Waals surface area contributed by atoms with E-state index in [0.717, 1.165) is 18.4 Å². The van der Waals surface area contributed by atoms with Crippen LogP contribution in [0.5, 0.6) is 11.5 Å². The van der Waals surface area contributed by atoms with Crippen molar-refractivity contribution in [3.8, 4) is 22.8 Å². The first-order chi connectivity index (χ1) is 14.5.